The Morgan fingerprint density at radius 1 is 0.270 bits per heavy atom. The molecule has 0 bridgehead atoms. The third-order valence-electron chi connectivity index (χ3n) is 19.0. The molecule has 0 saturated carbocycles. The van der Waals surface area contributed by atoms with Gasteiger partial charge in [-0.1, -0.05) is 381 Å². The predicted octanol–water partition coefficient (Wildman–Crippen LogP) is 24.4. The average Bonchev–Trinajstić information content (AvgIpc) is 0.981. The van der Waals surface area contributed by atoms with Crippen molar-refractivity contribution in [1.29, 1.82) is 0 Å². The minimum absolute atomic E-state index is 0.108. The first-order chi connectivity index (χ1) is 48.5. The molecular weight excluding hydrogens is 1310 g/mol. The molecule has 17 nitrogen and oxygen atoms in total. The summed E-state index contributed by atoms with van der Waals surface area (Å²) in [5.74, 6) is -1.28. The number of hydrogen-bond acceptors (Lipinski definition) is 15. The van der Waals surface area contributed by atoms with E-state index in [1.54, 1.807) is 0 Å². The smallest absolute Gasteiger partial charge is 0.462 e. The van der Waals surface area contributed by atoms with E-state index < -0.39 is 97.5 Å². The number of ether oxygens (including phenoxy) is 4. The van der Waals surface area contributed by atoms with E-state index in [0.717, 1.165) is 95.8 Å². The molecule has 0 amide bonds. The van der Waals surface area contributed by atoms with E-state index in [2.05, 4.69) is 34.6 Å². The van der Waals surface area contributed by atoms with E-state index in [9.17, 15) is 43.2 Å². The molecular formula is C81H158O17P2. The number of phosphoric acid groups is 2. The molecule has 0 aliphatic heterocycles. The summed E-state index contributed by atoms with van der Waals surface area (Å²) in [6, 6.07) is 0. The molecule has 0 aromatic heterocycles. The highest BCUT2D eigenvalue weighted by atomic mass is 31.2. The van der Waals surface area contributed by atoms with Crippen molar-refractivity contribution in [2.24, 2.45) is 5.92 Å². The van der Waals surface area contributed by atoms with Gasteiger partial charge in [-0.05, 0) is 31.6 Å². The number of hydrogen-bond donors (Lipinski definition) is 3. The zero-order valence-electron chi connectivity index (χ0n) is 65.3. The molecule has 0 rings (SSSR count). The summed E-state index contributed by atoms with van der Waals surface area (Å²) in [5, 5.41) is 10.6. The van der Waals surface area contributed by atoms with Crippen LogP contribution in [0.1, 0.15) is 433 Å². The molecule has 0 radical (unpaired) electrons. The summed E-state index contributed by atoms with van der Waals surface area (Å²) in [6.45, 7) is 7.37. The fourth-order valence-corrected chi connectivity index (χ4v) is 14.2. The predicted molar refractivity (Wildman–Crippen MR) is 409 cm³/mol. The first-order valence-corrected chi connectivity index (χ1v) is 45.1. The average molecular weight is 1470 g/mol. The van der Waals surface area contributed by atoms with Crippen molar-refractivity contribution in [2.75, 3.05) is 39.6 Å². The second-order valence-corrected chi connectivity index (χ2v) is 32.5. The summed E-state index contributed by atoms with van der Waals surface area (Å²) in [6.07, 6.45) is 65.1. The third kappa shape index (κ3) is 74.3. The van der Waals surface area contributed by atoms with Crippen LogP contribution in [0.2, 0.25) is 0 Å². The number of aliphatic hydroxyl groups is 1. The maximum absolute atomic E-state index is 13.1. The lowest BCUT2D eigenvalue weighted by Gasteiger charge is -2.21. The van der Waals surface area contributed by atoms with E-state index in [0.29, 0.717) is 25.7 Å². The van der Waals surface area contributed by atoms with Gasteiger partial charge in [0.25, 0.3) is 0 Å². The second-order valence-electron chi connectivity index (χ2n) is 29.6. The van der Waals surface area contributed by atoms with Gasteiger partial charge in [0.2, 0.25) is 0 Å². The molecule has 19 heteroatoms. The molecule has 3 N–H and O–H groups in total. The van der Waals surface area contributed by atoms with Gasteiger partial charge < -0.3 is 33.8 Å². The molecule has 0 aliphatic carbocycles. The van der Waals surface area contributed by atoms with Crippen molar-refractivity contribution in [2.45, 2.75) is 451 Å². The maximum Gasteiger partial charge on any atom is 0.472 e. The number of esters is 4. The minimum atomic E-state index is -4.96. The van der Waals surface area contributed by atoms with Crippen molar-refractivity contribution in [1.82, 2.24) is 0 Å². The number of phosphoric ester groups is 2. The molecule has 0 aromatic rings. The number of carbonyl (C=O) groups is 4. The summed E-state index contributed by atoms with van der Waals surface area (Å²) >= 11 is 0. The standard InChI is InChI=1S/C81H158O17P2/c1-6-9-12-15-18-21-24-27-32-36-41-45-50-55-60-65-79(84)92-71-77(98-81(86)67-62-57-52-47-42-37-34-31-29-28-30-33-35-38-43-48-53-58-63-74(4)5)73-96-100(89,90)94-69-75(82)68-93-99(87,88)95-72-76(97-80(85)66-61-56-51-46-40-26-23-20-17-14-11-8-3)70-91-78(83)64-59-54-49-44-39-25-22-19-16-13-10-7-2/h74-77,82H,6-73H2,1-5H3,(H,87,88)(H,89,90)/t75-,76+,77+/m0/s1. The molecule has 0 saturated heterocycles. The van der Waals surface area contributed by atoms with Crippen LogP contribution in [0.5, 0.6) is 0 Å². The van der Waals surface area contributed by atoms with Gasteiger partial charge in [0.05, 0.1) is 26.4 Å². The Morgan fingerprint density at radius 3 is 0.680 bits per heavy atom. The number of aliphatic hydroxyl groups excluding tert-OH is 1. The fraction of sp³-hybridized carbons (Fsp3) is 0.951. The highest BCUT2D eigenvalue weighted by Crippen LogP contribution is 2.45. The van der Waals surface area contributed by atoms with Crippen LogP contribution in [0, 0.1) is 5.92 Å². The highest BCUT2D eigenvalue weighted by Gasteiger charge is 2.30. The van der Waals surface area contributed by atoms with Crippen LogP contribution in [0.3, 0.4) is 0 Å². The first kappa shape index (κ1) is 98.1. The monoisotopic (exact) mass is 1470 g/mol. The van der Waals surface area contributed by atoms with Gasteiger partial charge in [-0.3, -0.25) is 37.3 Å². The lowest BCUT2D eigenvalue weighted by atomic mass is 10.0. The van der Waals surface area contributed by atoms with Crippen LogP contribution < -0.4 is 0 Å². The minimum Gasteiger partial charge on any atom is -0.462 e. The van der Waals surface area contributed by atoms with Gasteiger partial charge in [0.1, 0.15) is 19.3 Å². The molecule has 0 heterocycles. The summed E-state index contributed by atoms with van der Waals surface area (Å²) in [7, 11) is -9.92. The van der Waals surface area contributed by atoms with Crippen molar-refractivity contribution in [3.8, 4) is 0 Å². The van der Waals surface area contributed by atoms with E-state index in [-0.39, 0.29) is 25.7 Å². The Kier molecular flexibility index (Phi) is 72.5. The van der Waals surface area contributed by atoms with Gasteiger partial charge in [0, 0.05) is 25.7 Å². The topological polar surface area (TPSA) is 237 Å². The fourth-order valence-electron chi connectivity index (χ4n) is 12.6. The summed E-state index contributed by atoms with van der Waals surface area (Å²) < 4.78 is 68.7. The zero-order chi connectivity index (χ0) is 73.4. The maximum atomic E-state index is 13.1. The van der Waals surface area contributed by atoms with Crippen molar-refractivity contribution < 1.29 is 80.2 Å². The Bertz CT molecular complexity index is 1910. The molecule has 100 heavy (non-hydrogen) atoms. The number of unbranched alkanes of at least 4 members (excludes halogenated alkanes) is 53. The largest absolute Gasteiger partial charge is 0.472 e. The first-order valence-electron chi connectivity index (χ1n) is 42.1. The van der Waals surface area contributed by atoms with Gasteiger partial charge in [-0.15, -0.1) is 0 Å². The van der Waals surface area contributed by atoms with Crippen molar-refractivity contribution >= 4 is 39.5 Å². The lowest BCUT2D eigenvalue weighted by molar-refractivity contribution is -0.161. The Morgan fingerprint density at radius 2 is 0.460 bits per heavy atom. The Hall–Kier alpha value is -1.94. The van der Waals surface area contributed by atoms with Gasteiger partial charge >= 0.3 is 39.5 Å². The van der Waals surface area contributed by atoms with Crippen molar-refractivity contribution in [3.63, 3.8) is 0 Å². The number of rotatable bonds is 81. The Labute approximate surface area is 613 Å². The van der Waals surface area contributed by atoms with Crippen LogP contribution in [0.25, 0.3) is 0 Å². The normalized spacial score (nSPS) is 13.8. The molecule has 594 valence electrons. The summed E-state index contributed by atoms with van der Waals surface area (Å²) in [4.78, 5) is 73.0. The van der Waals surface area contributed by atoms with E-state index in [1.807, 2.05) is 0 Å². The molecule has 0 aromatic carbocycles. The second kappa shape index (κ2) is 73.9. The van der Waals surface area contributed by atoms with Crippen molar-refractivity contribution in [3.05, 3.63) is 0 Å². The van der Waals surface area contributed by atoms with Gasteiger partial charge in [-0.25, -0.2) is 9.13 Å². The van der Waals surface area contributed by atoms with E-state index >= 15 is 0 Å². The molecule has 5 atom stereocenters. The van der Waals surface area contributed by atoms with Crippen LogP contribution >= 0.6 is 15.6 Å². The summed E-state index contributed by atoms with van der Waals surface area (Å²) in [5.41, 5.74) is 0. The van der Waals surface area contributed by atoms with Crippen LogP contribution in [0.15, 0.2) is 0 Å². The molecule has 0 fully saturated rings. The van der Waals surface area contributed by atoms with Crippen LogP contribution in [0.4, 0.5) is 0 Å². The molecule has 0 aliphatic rings. The van der Waals surface area contributed by atoms with E-state index in [4.69, 9.17) is 37.0 Å². The number of carbonyl (C=O) groups excluding carboxylic acids is 4. The van der Waals surface area contributed by atoms with Crippen LogP contribution in [-0.2, 0) is 65.4 Å². The zero-order valence-corrected chi connectivity index (χ0v) is 67.1. The molecule has 0 spiro atoms. The van der Waals surface area contributed by atoms with Gasteiger partial charge in [-0.2, -0.15) is 0 Å². The SMILES string of the molecule is CCCCCCCCCCCCCCCCCC(=O)OC[C@H](COP(=O)(O)OC[C@@H](O)COP(=O)(O)OC[C@@H](COC(=O)CCCCCCCCCCCCCC)OC(=O)CCCCCCCCCCCCCC)OC(=O)CCCCCCCCCCCCCCCCCCCCC(C)C. The van der Waals surface area contributed by atoms with Gasteiger partial charge in [0.15, 0.2) is 12.2 Å². The van der Waals surface area contributed by atoms with Crippen LogP contribution in [-0.4, -0.2) is 96.7 Å². The third-order valence-corrected chi connectivity index (χ3v) is 20.9. The van der Waals surface area contributed by atoms with E-state index in [1.165, 1.54) is 257 Å². The lowest BCUT2D eigenvalue weighted by Crippen LogP contribution is -2.30. The molecule has 2 unspecified atom stereocenters. The highest BCUT2D eigenvalue weighted by molar-refractivity contribution is 7.47. The Balaban J connectivity index is 5.22. The quantitative estimate of drug-likeness (QED) is 0.0222.